The quantitative estimate of drug-likeness (QED) is 0.160. The van der Waals surface area contributed by atoms with Gasteiger partial charge in [-0.25, -0.2) is 13.8 Å². The number of halogens is 1. The highest BCUT2D eigenvalue weighted by atomic mass is 35.5. The molecule has 41 heavy (non-hydrogen) atoms. The van der Waals surface area contributed by atoms with Crippen LogP contribution in [0, 0.1) is 0 Å². The van der Waals surface area contributed by atoms with Crippen molar-refractivity contribution in [1.29, 1.82) is 0 Å². The van der Waals surface area contributed by atoms with E-state index in [2.05, 4.69) is 10.5 Å². The van der Waals surface area contributed by atoms with Crippen LogP contribution in [0.15, 0.2) is 102 Å². The van der Waals surface area contributed by atoms with Crippen molar-refractivity contribution in [1.82, 2.24) is 5.43 Å². The third-order valence-electron chi connectivity index (χ3n) is 5.97. The second-order valence-electron chi connectivity index (χ2n) is 9.02. The van der Waals surface area contributed by atoms with Crippen LogP contribution >= 0.6 is 11.6 Å². The van der Waals surface area contributed by atoms with Gasteiger partial charge >= 0.3 is 0 Å². The van der Waals surface area contributed by atoms with Crippen LogP contribution in [-0.4, -0.2) is 33.4 Å². The number of benzene rings is 4. The zero-order chi connectivity index (χ0) is 29.2. The molecule has 0 spiro atoms. The summed E-state index contributed by atoms with van der Waals surface area (Å²) >= 11 is 6.23. The molecule has 0 bridgehead atoms. The van der Waals surface area contributed by atoms with Gasteiger partial charge in [-0.2, -0.15) is 5.10 Å². The molecule has 212 valence electrons. The summed E-state index contributed by atoms with van der Waals surface area (Å²) in [5.74, 6) is 0.730. The molecule has 0 atom stereocenters. The molecule has 0 unspecified atom stereocenters. The van der Waals surface area contributed by atoms with Crippen molar-refractivity contribution in [2.45, 2.75) is 20.1 Å². The van der Waals surface area contributed by atoms with Crippen molar-refractivity contribution in [3.05, 3.63) is 124 Å². The molecule has 8 nitrogen and oxygen atoms in total. The molecule has 0 aromatic heterocycles. The minimum Gasteiger partial charge on any atom is -0.490 e. The minimum absolute atomic E-state index is 0.0637. The van der Waals surface area contributed by atoms with Crippen molar-refractivity contribution < 1.29 is 22.7 Å². The van der Waals surface area contributed by atoms with E-state index in [1.807, 2.05) is 43.3 Å². The highest BCUT2D eigenvalue weighted by Crippen LogP contribution is 2.29. The van der Waals surface area contributed by atoms with E-state index in [0.29, 0.717) is 52.1 Å². The van der Waals surface area contributed by atoms with Crippen LogP contribution in [0.5, 0.6) is 11.5 Å². The lowest BCUT2D eigenvalue weighted by Crippen LogP contribution is -2.29. The van der Waals surface area contributed by atoms with Gasteiger partial charge in [0.15, 0.2) is 11.5 Å². The average Bonchev–Trinajstić information content (AvgIpc) is 2.96. The van der Waals surface area contributed by atoms with E-state index < -0.39 is 15.9 Å². The topological polar surface area (TPSA) is 97.3 Å². The zero-order valence-corrected chi connectivity index (χ0v) is 24.2. The Morgan fingerprint density at radius 1 is 0.927 bits per heavy atom. The van der Waals surface area contributed by atoms with E-state index in [-0.39, 0.29) is 6.54 Å². The molecule has 0 radical (unpaired) electrons. The van der Waals surface area contributed by atoms with E-state index in [4.69, 9.17) is 21.1 Å². The molecular formula is C31H30ClN3O5S. The number of nitrogens with one attached hydrogen (secondary N) is 1. The average molecular weight is 592 g/mol. The fourth-order valence-corrected chi connectivity index (χ4v) is 4.99. The maximum atomic E-state index is 12.7. The maximum absolute atomic E-state index is 12.7. The van der Waals surface area contributed by atoms with E-state index in [9.17, 15) is 13.2 Å². The fraction of sp³-hybridized carbons (Fsp3) is 0.161. The first-order valence-corrected chi connectivity index (χ1v) is 15.1. The molecule has 10 heteroatoms. The molecule has 0 saturated heterocycles. The number of ether oxygens (including phenoxy) is 2. The smallest absolute Gasteiger partial charge is 0.271 e. The van der Waals surface area contributed by atoms with Crippen molar-refractivity contribution in [2.75, 3.05) is 17.2 Å². The fourth-order valence-electron chi connectivity index (χ4n) is 3.92. The van der Waals surface area contributed by atoms with Gasteiger partial charge in [-0.15, -0.1) is 0 Å². The van der Waals surface area contributed by atoms with E-state index in [0.717, 1.165) is 11.8 Å². The summed E-state index contributed by atoms with van der Waals surface area (Å²) < 4.78 is 37.9. The van der Waals surface area contributed by atoms with Gasteiger partial charge in [0.1, 0.15) is 6.61 Å². The molecule has 4 rings (SSSR count). The number of sulfonamides is 1. The first-order valence-electron chi connectivity index (χ1n) is 12.8. The lowest BCUT2D eigenvalue weighted by molar-refractivity contribution is 0.0955. The molecule has 1 N–H and O–H groups in total. The largest absolute Gasteiger partial charge is 0.490 e. The number of carbonyl (C=O) groups excluding carboxylic acids is 1. The number of hydrogen-bond acceptors (Lipinski definition) is 6. The summed E-state index contributed by atoms with van der Waals surface area (Å²) in [7, 11) is -3.61. The Morgan fingerprint density at radius 3 is 2.32 bits per heavy atom. The van der Waals surface area contributed by atoms with E-state index in [1.54, 1.807) is 48.5 Å². The molecule has 1 amide bonds. The zero-order valence-electron chi connectivity index (χ0n) is 22.7. The van der Waals surface area contributed by atoms with Crippen molar-refractivity contribution in [2.24, 2.45) is 5.10 Å². The molecule has 4 aromatic rings. The van der Waals surface area contributed by atoms with Crippen LogP contribution < -0.4 is 19.2 Å². The second kappa shape index (κ2) is 13.8. The lowest BCUT2D eigenvalue weighted by atomic mass is 10.2. The van der Waals surface area contributed by atoms with Crippen LogP contribution in [-0.2, 0) is 23.2 Å². The summed E-state index contributed by atoms with van der Waals surface area (Å²) in [4.78, 5) is 12.7. The summed E-state index contributed by atoms with van der Waals surface area (Å²) in [5.41, 5.74) is 5.64. The predicted molar refractivity (Wildman–Crippen MR) is 162 cm³/mol. The van der Waals surface area contributed by atoms with Gasteiger partial charge < -0.3 is 9.47 Å². The number of anilines is 1. The Balaban J connectivity index is 1.40. The first-order chi connectivity index (χ1) is 19.7. The number of amides is 1. The summed E-state index contributed by atoms with van der Waals surface area (Å²) in [6.45, 7) is 2.82. The van der Waals surface area contributed by atoms with Crippen molar-refractivity contribution in [3.63, 3.8) is 0 Å². The molecule has 0 saturated carbocycles. The normalized spacial score (nSPS) is 11.3. The van der Waals surface area contributed by atoms with Crippen LogP contribution in [0.2, 0.25) is 5.02 Å². The van der Waals surface area contributed by atoms with Gasteiger partial charge in [0, 0.05) is 10.6 Å². The van der Waals surface area contributed by atoms with Crippen LogP contribution in [0.1, 0.15) is 34.0 Å². The third kappa shape index (κ3) is 8.33. The van der Waals surface area contributed by atoms with E-state index in [1.165, 1.54) is 22.7 Å². The van der Waals surface area contributed by atoms with Gasteiger partial charge in [0.25, 0.3) is 5.91 Å². The summed E-state index contributed by atoms with van der Waals surface area (Å²) in [6, 6.07) is 28.5. The molecule has 0 heterocycles. The van der Waals surface area contributed by atoms with Gasteiger partial charge in [-0.1, -0.05) is 60.1 Å². The number of hydrogen-bond donors (Lipinski definition) is 1. The van der Waals surface area contributed by atoms with Gasteiger partial charge in [-0.05, 0) is 72.1 Å². The second-order valence-corrected chi connectivity index (χ2v) is 11.3. The maximum Gasteiger partial charge on any atom is 0.271 e. The number of carbonyl (C=O) groups is 1. The molecular weight excluding hydrogens is 562 g/mol. The number of nitrogens with zero attached hydrogens (tertiary/aromatic N) is 2. The summed E-state index contributed by atoms with van der Waals surface area (Å²) in [5, 5.41) is 4.53. The molecule has 4 aromatic carbocycles. The molecule has 0 aliphatic carbocycles. The first kappa shape index (κ1) is 29.6. The van der Waals surface area contributed by atoms with Gasteiger partial charge in [-0.3, -0.25) is 9.10 Å². The Morgan fingerprint density at radius 2 is 1.63 bits per heavy atom. The van der Waals surface area contributed by atoms with Crippen molar-refractivity contribution in [3.8, 4) is 11.5 Å². The molecule has 0 aliphatic rings. The lowest BCUT2D eigenvalue weighted by Gasteiger charge is -2.23. The Kier molecular flexibility index (Phi) is 10.00. The Labute approximate surface area is 245 Å². The van der Waals surface area contributed by atoms with Crippen LogP contribution in [0.4, 0.5) is 5.69 Å². The summed E-state index contributed by atoms with van der Waals surface area (Å²) in [6.07, 6.45) is 2.63. The van der Waals surface area contributed by atoms with Gasteiger partial charge in [0.2, 0.25) is 10.0 Å². The third-order valence-corrected chi connectivity index (χ3v) is 7.48. The predicted octanol–water partition coefficient (Wildman–Crippen LogP) is 6.05. The van der Waals surface area contributed by atoms with Crippen LogP contribution in [0.3, 0.4) is 0 Å². The minimum atomic E-state index is -3.61. The van der Waals surface area contributed by atoms with Crippen molar-refractivity contribution >= 4 is 39.4 Å². The molecule has 0 fully saturated rings. The standard InChI is InChI=1S/C31H30ClN3O5S/c1-3-39-30-19-24(13-18-29(30)40-22-23-9-5-4-6-10-23)20-33-34-31(36)25-14-16-27(17-15-25)35(41(2,37)38)21-26-11-7-8-12-28(26)32/h4-20H,3,21-22H2,1-2H3,(H,34,36)/b33-20+. The van der Waals surface area contributed by atoms with Crippen LogP contribution in [0.25, 0.3) is 0 Å². The monoisotopic (exact) mass is 591 g/mol. The molecule has 0 aliphatic heterocycles. The Hall–Kier alpha value is -4.34. The highest BCUT2D eigenvalue weighted by Gasteiger charge is 2.19. The number of rotatable bonds is 12. The number of hydrazone groups is 1. The van der Waals surface area contributed by atoms with E-state index >= 15 is 0 Å². The highest BCUT2D eigenvalue weighted by molar-refractivity contribution is 7.92. The SMILES string of the molecule is CCOc1cc(/C=N/NC(=O)c2ccc(N(Cc3ccccc3Cl)S(C)(=O)=O)cc2)ccc1OCc1ccccc1. The Bertz CT molecular complexity index is 1610. The van der Waals surface area contributed by atoms with Gasteiger partial charge in [0.05, 0.1) is 31.3 Å².